The number of anilines is 2. The molecule has 1 aliphatic heterocycles. The van der Waals surface area contributed by atoms with Gasteiger partial charge < -0.3 is 9.73 Å². The third kappa shape index (κ3) is 2.64. The number of carbonyl (C=O) groups is 2. The van der Waals surface area contributed by atoms with Crippen LogP contribution in [0.25, 0.3) is 0 Å². The van der Waals surface area contributed by atoms with Crippen LogP contribution in [0.3, 0.4) is 0 Å². The van der Waals surface area contributed by atoms with E-state index in [1.165, 1.54) is 0 Å². The van der Waals surface area contributed by atoms with Crippen LogP contribution in [0.5, 0.6) is 0 Å². The van der Waals surface area contributed by atoms with Crippen molar-refractivity contribution in [3.05, 3.63) is 59.7 Å². The van der Waals surface area contributed by atoms with Gasteiger partial charge in [-0.3, -0.25) is 14.5 Å². The van der Waals surface area contributed by atoms with E-state index in [2.05, 4.69) is 5.32 Å². The highest BCUT2D eigenvalue weighted by Crippen LogP contribution is 2.45. The number of fused-ring (bicyclic) bond motifs is 1. The first kappa shape index (κ1) is 16.6. The van der Waals surface area contributed by atoms with Crippen LogP contribution >= 0.6 is 0 Å². The second-order valence-electron chi connectivity index (χ2n) is 7.09. The lowest BCUT2D eigenvalue weighted by atomic mass is 9.87. The molecular weight excluding hydrogens is 328 g/mol. The van der Waals surface area contributed by atoms with Crippen molar-refractivity contribution >= 4 is 23.1 Å². The third-order valence-corrected chi connectivity index (χ3v) is 4.98. The van der Waals surface area contributed by atoms with Gasteiger partial charge in [-0.15, -0.1) is 0 Å². The SMILES string of the molecule is CC(C)C(=O)N1c2ccccc2NC2=C(C(=O)CCC2)[C@H]1c1ccco1. The highest BCUT2D eigenvalue weighted by Gasteiger charge is 2.41. The van der Waals surface area contributed by atoms with Crippen molar-refractivity contribution in [2.24, 2.45) is 5.92 Å². The van der Waals surface area contributed by atoms with E-state index in [4.69, 9.17) is 4.42 Å². The van der Waals surface area contributed by atoms with Crippen LogP contribution in [0.4, 0.5) is 11.4 Å². The summed E-state index contributed by atoms with van der Waals surface area (Å²) in [5, 5.41) is 3.43. The van der Waals surface area contributed by atoms with E-state index >= 15 is 0 Å². The average molecular weight is 350 g/mol. The van der Waals surface area contributed by atoms with Gasteiger partial charge in [0.05, 0.1) is 17.6 Å². The number of carbonyl (C=O) groups excluding carboxylic acids is 2. The van der Waals surface area contributed by atoms with Crippen LogP contribution in [0, 0.1) is 5.92 Å². The molecule has 134 valence electrons. The zero-order chi connectivity index (χ0) is 18.3. The maximum Gasteiger partial charge on any atom is 0.230 e. The molecule has 2 aromatic rings. The number of hydrogen-bond acceptors (Lipinski definition) is 4. The quantitative estimate of drug-likeness (QED) is 0.869. The van der Waals surface area contributed by atoms with E-state index in [9.17, 15) is 9.59 Å². The fraction of sp³-hybridized carbons (Fsp3) is 0.333. The zero-order valence-electron chi connectivity index (χ0n) is 15.0. The topological polar surface area (TPSA) is 62.6 Å². The molecular formula is C21H22N2O3. The number of nitrogens with one attached hydrogen (secondary N) is 1. The maximum absolute atomic E-state index is 13.2. The number of furan rings is 1. The number of Topliss-reactive ketones (excluding diaryl/α,β-unsaturated/α-hetero) is 1. The van der Waals surface area contributed by atoms with E-state index < -0.39 is 6.04 Å². The van der Waals surface area contributed by atoms with Crippen molar-refractivity contribution in [2.75, 3.05) is 10.2 Å². The Balaban J connectivity index is 2.00. The van der Waals surface area contributed by atoms with Crippen molar-refractivity contribution in [2.45, 2.75) is 39.2 Å². The highest BCUT2D eigenvalue weighted by molar-refractivity contribution is 6.06. The number of nitrogens with zero attached hydrogens (tertiary/aromatic N) is 1. The zero-order valence-corrected chi connectivity index (χ0v) is 15.0. The Kier molecular flexibility index (Phi) is 4.15. The van der Waals surface area contributed by atoms with Gasteiger partial charge in [-0.05, 0) is 37.1 Å². The van der Waals surface area contributed by atoms with Crippen molar-refractivity contribution in [3.8, 4) is 0 Å². The normalized spacial score (nSPS) is 19.7. The largest absolute Gasteiger partial charge is 0.467 e. The predicted octanol–water partition coefficient (Wildman–Crippen LogP) is 4.44. The maximum atomic E-state index is 13.2. The number of rotatable bonds is 2. The Morgan fingerprint density at radius 3 is 2.73 bits per heavy atom. The Morgan fingerprint density at radius 2 is 2.00 bits per heavy atom. The fourth-order valence-corrected chi connectivity index (χ4v) is 3.77. The van der Waals surface area contributed by atoms with Gasteiger partial charge in [0, 0.05) is 23.6 Å². The Hall–Kier alpha value is -2.82. The van der Waals surface area contributed by atoms with Gasteiger partial charge in [-0.25, -0.2) is 0 Å². The smallest absolute Gasteiger partial charge is 0.230 e. The minimum absolute atomic E-state index is 0.0345. The molecule has 1 aromatic heterocycles. The van der Waals surface area contributed by atoms with E-state index in [0.717, 1.165) is 29.9 Å². The number of ketones is 1. The highest BCUT2D eigenvalue weighted by atomic mass is 16.3. The number of amides is 1. The monoisotopic (exact) mass is 350 g/mol. The molecule has 0 fully saturated rings. The van der Waals surface area contributed by atoms with Crippen LogP contribution in [-0.4, -0.2) is 11.7 Å². The van der Waals surface area contributed by atoms with Crippen molar-refractivity contribution in [1.82, 2.24) is 0 Å². The molecule has 4 rings (SSSR count). The Morgan fingerprint density at radius 1 is 1.19 bits per heavy atom. The first-order chi connectivity index (χ1) is 12.6. The number of allylic oxidation sites excluding steroid dienone is 1. The second kappa shape index (κ2) is 6.48. The van der Waals surface area contributed by atoms with Gasteiger partial charge in [0.15, 0.2) is 5.78 Å². The predicted molar refractivity (Wildman–Crippen MR) is 99.7 cm³/mol. The lowest BCUT2D eigenvalue weighted by Crippen LogP contribution is -2.40. The summed E-state index contributed by atoms with van der Waals surface area (Å²) in [5.41, 5.74) is 3.16. The molecule has 0 saturated carbocycles. The fourth-order valence-electron chi connectivity index (χ4n) is 3.77. The lowest BCUT2D eigenvalue weighted by molar-refractivity contribution is -0.122. The summed E-state index contributed by atoms with van der Waals surface area (Å²) in [4.78, 5) is 27.9. The van der Waals surface area contributed by atoms with E-state index in [-0.39, 0.29) is 17.6 Å². The Labute approximate surface area is 152 Å². The molecule has 0 spiro atoms. The van der Waals surface area contributed by atoms with Crippen LogP contribution in [0.15, 0.2) is 58.3 Å². The summed E-state index contributed by atoms with van der Waals surface area (Å²) < 4.78 is 5.69. The third-order valence-electron chi connectivity index (χ3n) is 4.98. The van der Waals surface area contributed by atoms with Gasteiger partial charge in [-0.2, -0.15) is 0 Å². The lowest BCUT2D eigenvalue weighted by Gasteiger charge is -2.33. The molecule has 0 radical (unpaired) electrons. The molecule has 26 heavy (non-hydrogen) atoms. The summed E-state index contributed by atoms with van der Waals surface area (Å²) in [6.07, 6.45) is 3.69. The summed E-state index contributed by atoms with van der Waals surface area (Å²) in [6.45, 7) is 3.75. The molecule has 1 aliphatic carbocycles. The molecule has 1 atom stereocenters. The summed E-state index contributed by atoms with van der Waals surface area (Å²) in [5.74, 6) is 0.448. The molecule has 0 saturated heterocycles. The van der Waals surface area contributed by atoms with E-state index in [1.807, 2.05) is 44.2 Å². The van der Waals surface area contributed by atoms with Gasteiger partial charge in [0.1, 0.15) is 11.8 Å². The van der Waals surface area contributed by atoms with Crippen molar-refractivity contribution < 1.29 is 14.0 Å². The van der Waals surface area contributed by atoms with Crippen LogP contribution < -0.4 is 10.2 Å². The minimum Gasteiger partial charge on any atom is -0.467 e. The standard InChI is InChI=1S/C21H22N2O3/c1-13(2)21(25)23-16-9-4-3-7-14(16)22-15-8-5-10-17(24)19(15)20(23)18-11-6-12-26-18/h3-4,6-7,9,11-13,20,22H,5,8,10H2,1-2H3/t20-/m1/s1. The summed E-state index contributed by atoms with van der Waals surface area (Å²) in [6, 6.07) is 10.8. The van der Waals surface area contributed by atoms with Crippen LogP contribution in [0.1, 0.15) is 44.9 Å². The van der Waals surface area contributed by atoms with E-state index in [0.29, 0.717) is 17.8 Å². The number of benzene rings is 1. The van der Waals surface area contributed by atoms with Gasteiger partial charge in [0.2, 0.25) is 5.91 Å². The first-order valence-electron chi connectivity index (χ1n) is 9.06. The second-order valence-corrected chi connectivity index (χ2v) is 7.09. The molecule has 2 aliphatic rings. The molecule has 1 aromatic carbocycles. The van der Waals surface area contributed by atoms with E-state index in [1.54, 1.807) is 17.2 Å². The van der Waals surface area contributed by atoms with Crippen LogP contribution in [-0.2, 0) is 9.59 Å². The first-order valence-corrected chi connectivity index (χ1v) is 9.06. The molecule has 5 heteroatoms. The molecule has 1 N–H and O–H groups in total. The molecule has 1 amide bonds. The molecule has 0 bridgehead atoms. The molecule has 5 nitrogen and oxygen atoms in total. The molecule has 2 heterocycles. The van der Waals surface area contributed by atoms with Gasteiger partial charge in [-0.1, -0.05) is 26.0 Å². The van der Waals surface area contributed by atoms with Gasteiger partial charge >= 0.3 is 0 Å². The Bertz CT molecular complexity index is 880. The van der Waals surface area contributed by atoms with Crippen molar-refractivity contribution in [3.63, 3.8) is 0 Å². The summed E-state index contributed by atoms with van der Waals surface area (Å²) >= 11 is 0. The van der Waals surface area contributed by atoms with Gasteiger partial charge in [0.25, 0.3) is 0 Å². The number of hydrogen-bond donors (Lipinski definition) is 1. The average Bonchev–Trinajstić information content (AvgIpc) is 3.10. The molecule has 0 unspecified atom stereocenters. The van der Waals surface area contributed by atoms with Crippen LogP contribution in [0.2, 0.25) is 0 Å². The van der Waals surface area contributed by atoms with Crippen molar-refractivity contribution in [1.29, 1.82) is 0 Å². The minimum atomic E-state index is -0.543. The summed E-state index contributed by atoms with van der Waals surface area (Å²) in [7, 11) is 0. The number of para-hydroxylation sites is 2.